The maximum absolute atomic E-state index is 13.4. The molecular formula is C18H24ClFN6O2S. The van der Waals surface area contributed by atoms with Crippen LogP contribution >= 0.6 is 11.6 Å². The van der Waals surface area contributed by atoms with E-state index in [1.807, 2.05) is 37.7 Å². The van der Waals surface area contributed by atoms with Gasteiger partial charge in [0.2, 0.25) is 21.9 Å². The van der Waals surface area contributed by atoms with Crippen LogP contribution in [0.25, 0.3) is 0 Å². The lowest BCUT2D eigenvalue weighted by Crippen LogP contribution is -2.49. The Balaban J connectivity index is 1.79. The molecule has 1 fully saturated rings. The van der Waals surface area contributed by atoms with Gasteiger partial charge in [0.25, 0.3) is 0 Å². The number of anilines is 2. The molecule has 1 aromatic heterocycles. The summed E-state index contributed by atoms with van der Waals surface area (Å²) in [5.41, 5.74) is 0. The Bertz CT molecular complexity index is 968. The van der Waals surface area contributed by atoms with Gasteiger partial charge < -0.3 is 9.80 Å². The topological polar surface area (TPSA) is 82.5 Å². The lowest BCUT2D eigenvalue weighted by atomic mass is 10.2. The lowest BCUT2D eigenvalue weighted by molar-refractivity contribution is 0.382. The van der Waals surface area contributed by atoms with Crippen LogP contribution in [-0.4, -0.2) is 67.9 Å². The molecule has 0 saturated carbocycles. The van der Waals surface area contributed by atoms with Crippen LogP contribution in [0.15, 0.2) is 23.1 Å². The van der Waals surface area contributed by atoms with Gasteiger partial charge >= 0.3 is 0 Å². The number of piperazine rings is 1. The van der Waals surface area contributed by atoms with Crippen LogP contribution in [0.3, 0.4) is 0 Å². The van der Waals surface area contributed by atoms with Crippen molar-refractivity contribution < 1.29 is 12.8 Å². The first-order valence-electron chi connectivity index (χ1n) is 9.23. The third kappa shape index (κ3) is 4.59. The van der Waals surface area contributed by atoms with Gasteiger partial charge in [0.05, 0.1) is 9.92 Å². The lowest BCUT2D eigenvalue weighted by Gasteiger charge is -2.34. The molecular weight excluding hydrogens is 419 g/mol. The number of hydrogen-bond acceptors (Lipinski definition) is 7. The van der Waals surface area contributed by atoms with Gasteiger partial charge in [-0.15, -0.1) is 0 Å². The predicted octanol–water partition coefficient (Wildman–Crippen LogP) is 2.36. The smallest absolute Gasteiger partial charge is 0.243 e. The SMILES string of the molecule is CC(C)c1nc(N(C)C)nc(N2CCN(S(=O)(=O)c3ccc(F)c(Cl)c3)CC2)n1. The van der Waals surface area contributed by atoms with Gasteiger partial charge in [-0.3, -0.25) is 0 Å². The summed E-state index contributed by atoms with van der Waals surface area (Å²) in [6.07, 6.45) is 0. The van der Waals surface area contributed by atoms with E-state index in [4.69, 9.17) is 11.6 Å². The Morgan fingerprint density at radius 3 is 2.31 bits per heavy atom. The molecule has 158 valence electrons. The molecule has 1 aliphatic heterocycles. The van der Waals surface area contributed by atoms with Gasteiger partial charge in [-0.1, -0.05) is 25.4 Å². The van der Waals surface area contributed by atoms with Crippen LogP contribution in [0.5, 0.6) is 0 Å². The van der Waals surface area contributed by atoms with E-state index < -0.39 is 15.8 Å². The molecule has 0 spiro atoms. The Kier molecular flexibility index (Phi) is 6.25. The molecule has 0 aliphatic carbocycles. The van der Waals surface area contributed by atoms with Gasteiger partial charge in [0.1, 0.15) is 11.6 Å². The van der Waals surface area contributed by atoms with Gasteiger partial charge in [-0.25, -0.2) is 12.8 Å². The normalized spacial score (nSPS) is 15.8. The summed E-state index contributed by atoms with van der Waals surface area (Å²) in [5, 5.41) is -0.215. The van der Waals surface area contributed by atoms with E-state index in [9.17, 15) is 12.8 Å². The minimum absolute atomic E-state index is 0.0190. The molecule has 1 saturated heterocycles. The minimum Gasteiger partial charge on any atom is -0.347 e. The summed E-state index contributed by atoms with van der Waals surface area (Å²) in [7, 11) is -0.0306. The maximum Gasteiger partial charge on any atom is 0.243 e. The van der Waals surface area contributed by atoms with Crippen LogP contribution in [0.1, 0.15) is 25.6 Å². The first-order chi connectivity index (χ1) is 13.6. The van der Waals surface area contributed by atoms with Crippen LogP contribution in [0.4, 0.5) is 16.3 Å². The van der Waals surface area contributed by atoms with Gasteiger partial charge in [0, 0.05) is 46.2 Å². The van der Waals surface area contributed by atoms with Crippen LogP contribution in [0.2, 0.25) is 5.02 Å². The van der Waals surface area contributed by atoms with Crippen molar-refractivity contribution in [2.24, 2.45) is 0 Å². The summed E-state index contributed by atoms with van der Waals surface area (Å²) < 4.78 is 40.5. The zero-order valence-electron chi connectivity index (χ0n) is 16.8. The molecule has 8 nitrogen and oxygen atoms in total. The zero-order valence-corrected chi connectivity index (χ0v) is 18.4. The van der Waals surface area contributed by atoms with Gasteiger partial charge in [-0.2, -0.15) is 19.3 Å². The van der Waals surface area contributed by atoms with Crippen molar-refractivity contribution in [2.45, 2.75) is 24.7 Å². The second-order valence-electron chi connectivity index (χ2n) is 7.31. The first-order valence-corrected chi connectivity index (χ1v) is 11.0. The van der Waals surface area contributed by atoms with Crippen molar-refractivity contribution in [2.75, 3.05) is 50.1 Å². The average molecular weight is 443 g/mol. The molecule has 3 rings (SSSR count). The fourth-order valence-electron chi connectivity index (χ4n) is 2.88. The maximum atomic E-state index is 13.4. The van der Waals surface area contributed by atoms with E-state index in [1.54, 1.807) is 0 Å². The van der Waals surface area contributed by atoms with Gasteiger partial charge in [-0.05, 0) is 18.2 Å². The molecule has 11 heteroatoms. The Hall–Kier alpha value is -2.04. The van der Waals surface area contributed by atoms with E-state index in [1.165, 1.54) is 10.4 Å². The number of nitrogens with zero attached hydrogens (tertiary/aromatic N) is 6. The standard InChI is InChI=1S/C18H24ClFN6O2S/c1-12(2)16-21-17(24(3)4)23-18(22-16)25-7-9-26(10-8-25)29(27,28)13-5-6-15(20)14(19)11-13/h5-6,11-12H,7-10H2,1-4H3. The summed E-state index contributed by atoms with van der Waals surface area (Å²) >= 11 is 5.75. The largest absolute Gasteiger partial charge is 0.347 e. The highest BCUT2D eigenvalue weighted by Gasteiger charge is 2.30. The third-order valence-electron chi connectivity index (χ3n) is 4.60. The van der Waals surface area contributed by atoms with E-state index >= 15 is 0 Å². The van der Waals surface area contributed by atoms with Gasteiger partial charge in [0.15, 0.2) is 0 Å². The van der Waals surface area contributed by atoms with Crippen LogP contribution in [0, 0.1) is 5.82 Å². The molecule has 29 heavy (non-hydrogen) atoms. The summed E-state index contributed by atoms with van der Waals surface area (Å²) in [6, 6.07) is 3.43. The van der Waals surface area contributed by atoms with E-state index in [0.29, 0.717) is 30.8 Å². The Morgan fingerprint density at radius 2 is 1.76 bits per heavy atom. The zero-order chi connectivity index (χ0) is 21.3. The third-order valence-corrected chi connectivity index (χ3v) is 6.78. The number of sulfonamides is 1. The van der Waals surface area contributed by atoms with Crippen molar-refractivity contribution in [1.82, 2.24) is 19.3 Å². The van der Waals surface area contributed by atoms with Crippen molar-refractivity contribution in [3.8, 4) is 0 Å². The molecule has 0 amide bonds. The molecule has 1 aromatic carbocycles. The quantitative estimate of drug-likeness (QED) is 0.702. The molecule has 1 aliphatic rings. The number of rotatable bonds is 5. The molecule has 0 atom stereocenters. The minimum atomic E-state index is -3.76. The Labute approximate surface area is 175 Å². The highest BCUT2D eigenvalue weighted by molar-refractivity contribution is 7.89. The predicted molar refractivity (Wildman–Crippen MR) is 111 cm³/mol. The van der Waals surface area contributed by atoms with E-state index in [-0.39, 0.29) is 28.9 Å². The second kappa shape index (κ2) is 8.37. The summed E-state index contributed by atoms with van der Waals surface area (Å²) in [6.45, 7) is 5.41. The average Bonchev–Trinajstić information content (AvgIpc) is 2.69. The van der Waals surface area contributed by atoms with Crippen LogP contribution in [-0.2, 0) is 10.0 Å². The molecule has 0 bridgehead atoms. The molecule has 0 N–H and O–H groups in total. The highest BCUT2D eigenvalue weighted by Crippen LogP contribution is 2.24. The van der Waals surface area contributed by atoms with Crippen LogP contribution < -0.4 is 9.80 Å². The van der Waals surface area contributed by atoms with E-state index in [0.717, 1.165) is 12.1 Å². The number of aromatic nitrogens is 3. The summed E-state index contributed by atoms with van der Waals surface area (Å²) in [4.78, 5) is 17.3. The molecule has 0 radical (unpaired) electrons. The second-order valence-corrected chi connectivity index (χ2v) is 9.65. The first kappa shape index (κ1) is 21.7. The number of halogens is 2. The Morgan fingerprint density at radius 1 is 1.10 bits per heavy atom. The highest BCUT2D eigenvalue weighted by atomic mass is 35.5. The number of benzene rings is 1. The van der Waals surface area contributed by atoms with Crippen molar-refractivity contribution in [3.05, 3.63) is 34.9 Å². The molecule has 2 aromatic rings. The number of hydrogen-bond donors (Lipinski definition) is 0. The van der Waals surface area contributed by atoms with Crippen molar-refractivity contribution in [1.29, 1.82) is 0 Å². The molecule has 2 heterocycles. The summed E-state index contributed by atoms with van der Waals surface area (Å²) in [5.74, 6) is 1.28. The molecule has 0 unspecified atom stereocenters. The van der Waals surface area contributed by atoms with E-state index in [2.05, 4.69) is 15.0 Å². The fraction of sp³-hybridized carbons (Fsp3) is 0.500. The monoisotopic (exact) mass is 442 g/mol. The van der Waals surface area contributed by atoms with Crippen molar-refractivity contribution >= 4 is 33.5 Å². The fourth-order valence-corrected chi connectivity index (χ4v) is 4.58. The van der Waals surface area contributed by atoms with Crippen molar-refractivity contribution in [3.63, 3.8) is 0 Å².